The largest absolute Gasteiger partial charge is 0.465 e. The van der Waals surface area contributed by atoms with Gasteiger partial charge in [-0.1, -0.05) is 0 Å². The van der Waals surface area contributed by atoms with Gasteiger partial charge >= 0.3 is 18.3 Å². The zero-order chi connectivity index (χ0) is 14.8. The highest BCUT2D eigenvalue weighted by Crippen LogP contribution is 2.52. The average molecular weight is 286 g/mol. The lowest BCUT2D eigenvalue weighted by molar-refractivity contribution is -0.315. The summed E-state index contributed by atoms with van der Waals surface area (Å²) in [4.78, 5) is 10.9. The minimum absolute atomic E-state index is 0.825. The normalized spacial score (nSPS) is 13.2. The molecule has 0 N–H and O–H groups in total. The van der Waals surface area contributed by atoms with Crippen molar-refractivity contribution < 1.29 is 44.7 Å². The fourth-order valence-electron chi connectivity index (χ4n) is 1.02. The standard InChI is InChI=1S/C8H6F8O2/c1-2-18-5(17)6(3-4(9)10,7(11,12)13)8(14,15)16/h3H,2H2,1H3. The third-order valence-electron chi connectivity index (χ3n) is 1.82. The van der Waals surface area contributed by atoms with E-state index in [9.17, 15) is 39.9 Å². The van der Waals surface area contributed by atoms with Crippen LogP contribution < -0.4 is 0 Å². The van der Waals surface area contributed by atoms with Crippen molar-refractivity contribution in [2.45, 2.75) is 19.3 Å². The summed E-state index contributed by atoms with van der Waals surface area (Å²) >= 11 is 0. The Labute approximate surface area is 95.2 Å². The van der Waals surface area contributed by atoms with E-state index in [1.165, 1.54) is 0 Å². The SMILES string of the molecule is CCOC(=O)C(C=C(F)F)(C(F)(F)F)C(F)(F)F. The van der Waals surface area contributed by atoms with E-state index in [4.69, 9.17) is 0 Å². The van der Waals surface area contributed by atoms with Crippen LogP contribution in [-0.4, -0.2) is 24.9 Å². The average Bonchev–Trinajstić information content (AvgIpc) is 2.09. The summed E-state index contributed by atoms with van der Waals surface area (Å²) in [5.74, 6) is -2.85. The summed E-state index contributed by atoms with van der Waals surface area (Å²) < 4.78 is 102. The Hall–Kier alpha value is -1.35. The Morgan fingerprint density at radius 3 is 1.67 bits per heavy atom. The molecule has 0 saturated carbocycles. The number of carbonyl (C=O) groups is 1. The minimum atomic E-state index is -6.30. The molecule has 10 heteroatoms. The van der Waals surface area contributed by atoms with Crippen LogP contribution in [0.3, 0.4) is 0 Å². The lowest BCUT2D eigenvalue weighted by atomic mass is 9.86. The summed E-state index contributed by atoms with van der Waals surface area (Å²) in [7, 11) is 0. The number of esters is 1. The van der Waals surface area contributed by atoms with Gasteiger partial charge in [0.1, 0.15) is 0 Å². The second-order valence-electron chi connectivity index (χ2n) is 2.96. The van der Waals surface area contributed by atoms with Crippen molar-refractivity contribution in [3.8, 4) is 0 Å². The van der Waals surface area contributed by atoms with Crippen molar-refractivity contribution in [1.82, 2.24) is 0 Å². The first-order chi connectivity index (χ1) is 7.90. The van der Waals surface area contributed by atoms with Gasteiger partial charge in [-0.3, -0.25) is 4.79 Å². The number of hydrogen-bond donors (Lipinski definition) is 0. The highest BCUT2D eigenvalue weighted by Gasteiger charge is 2.76. The monoisotopic (exact) mass is 286 g/mol. The number of rotatable bonds is 3. The number of ether oxygens (including phenoxy) is 1. The van der Waals surface area contributed by atoms with E-state index in [-0.39, 0.29) is 0 Å². The Morgan fingerprint density at radius 1 is 1.06 bits per heavy atom. The van der Waals surface area contributed by atoms with E-state index in [2.05, 4.69) is 4.74 Å². The molecule has 0 radical (unpaired) electrons. The second kappa shape index (κ2) is 5.11. The van der Waals surface area contributed by atoms with Gasteiger partial charge in [-0.05, 0) is 6.92 Å². The van der Waals surface area contributed by atoms with Gasteiger partial charge < -0.3 is 4.74 Å². The maximum Gasteiger partial charge on any atom is 0.417 e. The Balaban J connectivity index is 6.07. The van der Waals surface area contributed by atoms with Crippen LogP contribution in [0, 0.1) is 5.41 Å². The first-order valence-electron chi connectivity index (χ1n) is 4.24. The highest BCUT2D eigenvalue weighted by atomic mass is 19.4. The van der Waals surface area contributed by atoms with Gasteiger partial charge in [0.05, 0.1) is 6.61 Å². The van der Waals surface area contributed by atoms with Crippen LogP contribution in [0.15, 0.2) is 12.2 Å². The number of hydrogen-bond acceptors (Lipinski definition) is 2. The summed E-state index contributed by atoms with van der Waals surface area (Å²) in [6.45, 7) is 0.111. The molecule has 0 unspecified atom stereocenters. The number of halogens is 8. The lowest BCUT2D eigenvalue weighted by Crippen LogP contribution is -2.55. The van der Waals surface area contributed by atoms with Crippen molar-refractivity contribution >= 4 is 5.97 Å². The second-order valence-corrected chi connectivity index (χ2v) is 2.96. The lowest BCUT2D eigenvalue weighted by Gasteiger charge is -2.31. The molecule has 0 heterocycles. The molecule has 2 nitrogen and oxygen atoms in total. The molecule has 0 atom stereocenters. The van der Waals surface area contributed by atoms with Gasteiger partial charge in [-0.25, -0.2) is 0 Å². The predicted molar refractivity (Wildman–Crippen MR) is 41.5 cm³/mol. The number of carbonyl (C=O) groups excluding carboxylic acids is 1. The molecule has 0 spiro atoms. The molecule has 0 aliphatic carbocycles. The maximum atomic E-state index is 12.4. The molecule has 0 rings (SSSR count). The third kappa shape index (κ3) is 2.91. The predicted octanol–water partition coefficient (Wildman–Crippen LogP) is 3.44. The Morgan fingerprint density at radius 2 is 1.44 bits per heavy atom. The Bertz CT molecular complexity index is 322. The van der Waals surface area contributed by atoms with Crippen LogP contribution >= 0.6 is 0 Å². The quantitative estimate of drug-likeness (QED) is 0.587. The molecular formula is C8H6F8O2. The zero-order valence-corrected chi connectivity index (χ0v) is 8.62. The van der Waals surface area contributed by atoms with Gasteiger partial charge in [0.2, 0.25) is 0 Å². The molecule has 0 aliphatic rings. The van der Waals surface area contributed by atoms with E-state index in [1.807, 2.05) is 0 Å². The molecule has 18 heavy (non-hydrogen) atoms. The third-order valence-corrected chi connectivity index (χ3v) is 1.82. The van der Waals surface area contributed by atoms with E-state index in [0.717, 1.165) is 6.92 Å². The van der Waals surface area contributed by atoms with Crippen molar-refractivity contribution in [1.29, 1.82) is 0 Å². The molecule has 0 aromatic heterocycles. The van der Waals surface area contributed by atoms with E-state index >= 15 is 0 Å². The zero-order valence-electron chi connectivity index (χ0n) is 8.62. The minimum Gasteiger partial charge on any atom is -0.465 e. The van der Waals surface area contributed by atoms with Gasteiger partial charge in [0.15, 0.2) is 0 Å². The smallest absolute Gasteiger partial charge is 0.417 e. The summed E-state index contributed by atoms with van der Waals surface area (Å²) in [6.07, 6.45) is -17.4. The molecule has 0 fully saturated rings. The van der Waals surface area contributed by atoms with Gasteiger partial charge in [-0.2, -0.15) is 35.1 Å². The van der Waals surface area contributed by atoms with Crippen molar-refractivity contribution in [3.05, 3.63) is 12.2 Å². The van der Waals surface area contributed by atoms with Gasteiger partial charge in [0, 0.05) is 6.08 Å². The molecule has 0 aromatic rings. The van der Waals surface area contributed by atoms with E-state index in [1.54, 1.807) is 0 Å². The number of alkyl halides is 6. The molecule has 0 bridgehead atoms. The molecule has 0 aromatic carbocycles. The van der Waals surface area contributed by atoms with E-state index in [0.29, 0.717) is 0 Å². The van der Waals surface area contributed by atoms with Crippen LogP contribution in [0.25, 0.3) is 0 Å². The molecule has 0 amide bonds. The van der Waals surface area contributed by atoms with Crippen molar-refractivity contribution in [2.24, 2.45) is 5.41 Å². The summed E-state index contributed by atoms with van der Waals surface area (Å²) in [6, 6.07) is 0. The van der Waals surface area contributed by atoms with Crippen molar-refractivity contribution in [3.63, 3.8) is 0 Å². The fraction of sp³-hybridized carbons (Fsp3) is 0.625. The highest BCUT2D eigenvalue weighted by molar-refractivity contribution is 5.81. The van der Waals surface area contributed by atoms with Crippen LogP contribution in [0.1, 0.15) is 6.92 Å². The first kappa shape index (κ1) is 16.6. The molecular weight excluding hydrogens is 280 g/mol. The first-order valence-corrected chi connectivity index (χ1v) is 4.24. The molecule has 0 aliphatic heterocycles. The van der Waals surface area contributed by atoms with Crippen LogP contribution in [0.4, 0.5) is 35.1 Å². The van der Waals surface area contributed by atoms with Crippen LogP contribution in [0.2, 0.25) is 0 Å². The maximum absolute atomic E-state index is 12.4. The summed E-state index contributed by atoms with van der Waals surface area (Å²) in [5.41, 5.74) is -5.37. The topological polar surface area (TPSA) is 26.3 Å². The van der Waals surface area contributed by atoms with Crippen LogP contribution in [-0.2, 0) is 9.53 Å². The summed E-state index contributed by atoms with van der Waals surface area (Å²) in [5, 5.41) is 0. The van der Waals surface area contributed by atoms with Crippen molar-refractivity contribution in [2.75, 3.05) is 6.61 Å². The molecule has 0 saturated heterocycles. The molecule has 106 valence electrons. The fourth-order valence-corrected chi connectivity index (χ4v) is 1.02. The van der Waals surface area contributed by atoms with Gasteiger partial charge in [-0.15, -0.1) is 0 Å². The van der Waals surface area contributed by atoms with E-state index < -0.39 is 42.5 Å². The van der Waals surface area contributed by atoms with Crippen LogP contribution in [0.5, 0.6) is 0 Å². The Kier molecular flexibility index (Phi) is 4.72. The van der Waals surface area contributed by atoms with Gasteiger partial charge in [0.25, 0.3) is 11.5 Å².